The van der Waals surface area contributed by atoms with Gasteiger partial charge in [-0.15, -0.1) is 0 Å². The lowest BCUT2D eigenvalue weighted by Crippen LogP contribution is -2.48. The number of nitrogens with zero attached hydrogens (tertiary/aromatic N) is 1. The summed E-state index contributed by atoms with van der Waals surface area (Å²) in [5.74, 6) is -0.0668. The predicted molar refractivity (Wildman–Crippen MR) is 80.8 cm³/mol. The molecular weight excluding hydrogens is 292 g/mol. The zero-order valence-corrected chi connectivity index (χ0v) is 13.2. The third-order valence-corrected chi connectivity index (χ3v) is 3.75. The minimum Gasteiger partial charge on any atom is -0.372 e. The van der Waals surface area contributed by atoms with Crippen LogP contribution >= 0.6 is 0 Å². The van der Waals surface area contributed by atoms with Gasteiger partial charge in [0.05, 0.1) is 18.5 Å². The van der Waals surface area contributed by atoms with Crippen LogP contribution in [0.15, 0.2) is 24.3 Å². The van der Waals surface area contributed by atoms with Crippen molar-refractivity contribution in [1.29, 1.82) is 0 Å². The first-order valence-electron chi connectivity index (χ1n) is 6.77. The fourth-order valence-electron chi connectivity index (χ4n) is 2.42. The Labute approximate surface area is 125 Å². The lowest BCUT2D eigenvalue weighted by Gasteiger charge is -2.35. The van der Waals surface area contributed by atoms with Gasteiger partial charge in [0.2, 0.25) is 10.0 Å². The van der Waals surface area contributed by atoms with Crippen molar-refractivity contribution in [2.24, 2.45) is 0 Å². The van der Waals surface area contributed by atoms with Crippen LogP contribution in [0.3, 0.4) is 0 Å². The molecule has 0 aromatic heterocycles. The Hall–Kier alpha value is -1.60. The van der Waals surface area contributed by atoms with Gasteiger partial charge in [-0.25, -0.2) is 8.42 Å². The number of anilines is 1. The summed E-state index contributed by atoms with van der Waals surface area (Å²) in [7, 11) is -3.31. The molecule has 1 aromatic rings. The molecule has 1 aliphatic heterocycles. The van der Waals surface area contributed by atoms with Crippen LogP contribution in [0.25, 0.3) is 0 Å². The van der Waals surface area contributed by atoms with Gasteiger partial charge in [-0.05, 0) is 38.1 Å². The summed E-state index contributed by atoms with van der Waals surface area (Å²) in [6.45, 7) is 5.00. The molecule has 0 unspecified atom stereocenters. The molecule has 1 saturated heterocycles. The number of hydrogen-bond acceptors (Lipinski definition) is 4. The van der Waals surface area contributed by atoms with Crippen LogP contribution in [0.4, 0.5) is 5.69 Å². The van der Waals surface area contributed by atoms with E-state index >= 15 is 0 Å². The first kappa shape index (κ1) is 15.8. The SMILES string of the molecule is C[C@H]1CN(C(=O)c2ccc(NS(C)(=O)=O)cc2)C[C@H](C)O1. The maximum absolute atomic E-state index is 12.4. The maximum Gasteiger partial charge on any atom is 0.254 e. The second-order valence-electron chi connectivity index (χ2n) is 5.42. The van der Waals surface area contributed by atoms with E-state index in [1.54, 1.807) is 29.2 Å². The molecule has 1 aliphatic rings. The molecule has 2 rings (SSSR count). The minimum atomic E-state index is -3.31. The van der Waals surface area contributed by atoms with Gasteiger partial charge in [0, 0.05) is 24.3 Å². The summed E-state index contributed by atoms with van der Waals surface area (Å²) in [5.41, 5.74) is 0.980. The van der Waals surface area contributed by atoms with Crippen molar-refractivity contribution >= 4 is 21.6 Å². The van der Waals surface area contributed by atoms with E-state index < -0.39 is 10.0 Å². The number of morpholine rings is 1. The van der Waals surface area contributed by atoms with Crippen molar-refractivity contribution in [3.8, 4) is 0 Å². The highest BCUT2D eigenvalue weighted by atomic mass is 32.2. The van der Waals surface area contributed by atoms with E-state index in [0.29, 0.717) is 24.3 Å². The lowest BCUT2D eigenvalue weighted by atomic mass is 10.1. The summed E-state index contributed by atoms with van der Waals surface area (Å²) in [6.07, 6.45) is 1.12. The molecule has 116 valence electrons. The van der Waals surface area contributed by atoms with E-state index in [-0.39, 0.29) is 18.1 Å². The quantitative estimate of drug-likeness (QED) is 0.913. The topological polar surface area (TPSA) is 75.7 Å². The molecule has 1 fully saturated rings. The highest BCUT2D eigenvalue weighted by Gasteiger charge is 2.26. The molecule has 0 spiro atoms. The van der Waals surface area contributed by atoms with Crippen molar-refractivity contribution in [2.75, 3.05) is 24.1 Å². The Morgan fingerprint density at radius 1 is 1.19 bits per heavy atom. The van der Waals surface area contributed by atoms with Gasteiger partial charge in [0.15, 0.2) is 0 Å². The Morgan fingerprint density at radius 3 is 2.19 bits per heavy atom. The molecule has 1 N–H and O–H groups in total. The summed E-state index contributed by atoms with van der Waals surface area (Å²) < 4.78 is 30.3. The van der Waals surface area contributed by atoms with E-state index in [1.165, 1.54) is 0 Å². The molecule has 1 aromatic carbocycles. The average molecular weight is 312 g/mol. The van der Waals surface area contributed by atoms with Crippen molar-refractivity contribution in [2.45, 2.75) is 26.1 Å². The number of ether oxygens (including phenoxy) is 1. The van der Waals surface area contributed by atoms with Crippen LogP contribution < -0.4 is 4.72 Å². The molecule has 0 aliphatic carbocycles. The third kappa shape index (κ3) is 4.44. The Balaban J connectivity index is 2.09. The summed E-state index contributed by atoms with van der Waals surface area (Å²) >= 11 is 0. The fourth-order valence-corrected chi connectivity index (χ4v) is 2.99. The molecule has 0 saturated carbocycles. The molecule has 7 heteroatoms. The molecule has 1 amide bonds. The van der Waals surface area contributed by atoms with Crippen molar-refractivity contribution < 1.29 is 17.9 Å². The number of benzene rings is 1. The summed E-state index contributed by atoms with van der Waals surface area (Å²) in [5, 5.41) is 0. The molecule has 1 heterocycles. The number of carbonyl (C=O) groups excluding carboxylic acids is 1. The second-order valence-corrected chi connectivity index (χ2v) is 7.17. The normalized spacial score (nSPS) is 22.9. The fraction of sp³-hybridized carbons (Fsp3) is 0.500. The summed E-state index contributed by atoms with van der Waals surface area (Å²) in [6, 6.07) is 6.42. The number of carbonyl (C=O) groups is 1. The van der Waals surface area contributed by atoms with E-state index in [1.807, 2.05) is 13.8 Å². The number of sulfonamides is 1. The minimum absolute atomic E-state index is 0.0175. The van der Waals surface area contributed by atoms with Gasteiger partial charge in [-0.1, -0.05) is 0 Å². The second kappa shape index (κ2) is 6.03. The van der Waals surface area contributed by atoms with Crippen LogP contribution in [0, 0.1) is 0 Å². The van der Waals surface area contributed by atoms with E-state index in [9.17, 15) is 13.2 Å². The van der Waals surface area contributed by atoms with Crippen molar-refractivity contribution in [3.05, 3.63) is 29.8 Å². The van der Waals surface area contributed by atoms with Gasteiger partial charge in [-0.2, -0.15) is 0 Å². The molecule has 2 atom stereocenters. The van der Waals surface area contributed by atoms with Crippen LogP contribution in [-0.4, -0.2) is 50.8 Å². The van der Waals surface area contributed by atoms with Crippen molar-refractivity contribution in [1.82, 2.24) is 4.90 Å². The molecule has 0 bridgehead atoms. The van der Waals surface area contributed by atoms with Crippen LogP contribution in [-0.2, 0) is 14.8 Å². The van der Waals surface area contributed by atoms with Crippen LogP contribution in [0.2, 0.25) is 0 Å². The van der Waals surface area contributed by atoms with Gasteiger partial charge in [-0.3, -0.25) is 9.52 Å². The number of rotatable bonds is 3. The molecule has 21 heavy (non-hydrogen) atoms. The van der Waals surface area contributed by atoms with E-state index in [4.69, 9.17) is 4.74 Å². The van der Waals surface area contributed by atoms with Gasteiger partial charge >= 0.3 is 0 Å². The Morgan fingerprint density at radius 2 is 1.71 bits per heavy atom. The monoisotopic (exact) mass is 312 g/mol. The predicted octanol–water partition coefficient (Wildman–Crippen LogP) is 1.31. The van der Waals surface area contributed by atoms with Crippen molar-refractivity contribution in [3.63, 3.8) is 0 Å². The molecule has 0 radical (unpaired) electrons. The Bertz CT molecular complexity index is 602. The average Bonchev–Trinajstić information content (AvgIpc) is 2.35. The van der Waals surface area contributed by atoms with Gasteiger partial charge in [0.25, 0.3) is 5.91 Å². The van der Waals surface area contributed by atoms with Gasteiger partial charge < -0.3 is 9.64 Å². The standard InChI is InChI=1S/C14H20N2O4S/c1-10-8-16(9-11(2)20-10)14(17)12-4-6-13(7-5-12)15-21(3,18)19/h4-7,10-11,15H,8-9H2,1-3H3/t10-,11-/m0/s1. The smallest absolute Gasteiger partial charge is 0.254 e. The zero-order valence-electron chi connectivity index (χ0n) is 12.4. The van der Waals surface area contributed by atoms with Crippen LogP contribution in [0.5, 0.6) is 0 Å². The first-order valence-corrected chi connectivity index (χ1v) is 8.66. The largest absolute Gasteiger partial charge is 0.372 e. The lowest BCUT2D eigenvalue weighted by molar-refractivity contribution is -0.0586. The first-order chi connectivity index (χ1) is 9.74. The maximum atomic E-state index is 12.4. The number of nitrogens with one attached hydrogen (secondary N) is 1. The molecular formula is C14H20N2O4S. The highest BCUT2D eigenvalue weighted by Crippen LogP contribution is 2.16. The third-order valence-electron chi connectivity index (χ3n) is 3.14. The highest BCUT2D eigenvalue weighted by molar-refractivity contribution is 7.92. The van der Waals surface area contributed by atoms with E-state index in [2.05, 4.69) is 4.72 Å². The summed E-state index contributed by atoms with van der Waals surface area (Å²) in [4.78, 5) is 14.2. The molecule has 6 nitrogen and oxygen atoms in total. The zero-order chi connectivity index (χ0) is 15.6. The number of amides is 1. The van der Waals surface area contributed by atoms with Crippen LogP contribution in [0.1, 0.15) is 24.2 Å². The Kier molecular flexibility index (Phi) is 4.53. The van der Waals surface area contributed by atoms with E-state index in [0.717, 1.165) is 6.26 Å². The number of hydrogen-bond donors (Lipinski definition) is 1. The van der Waals surface area contributed by atoms with Gasteiger partial charge in [0.1, 0.15) is 0 Å².